The van der Waals surface area contributed by atoms with Crippen molar-refractivity contribution in [2.75, 3.05) is 13.6 Å². The summed E-state index contributed by atoms with van der Waals surface area (Å²) in [6.07, 6.45) is 7.32. The van der Waals surface area contributed by atoms with Crippen LogP contribution in [0.1, 0.15) is 25.7 Å². The van der Waals surface area contributed by atoms with Gasteiger partial charge in [-0.1, -0.05) is 29.6 Å². The molecule has 0 radical (unpaired) electrons. The molecular formula is C16H20Cl2N2. The van der Waals surface area contributed by atoms with E-state index in [1.165, 1.54) is 32.2 Å². The number of likely N-dealkylation sites (tertiary alicyclic amines) is 1. The topological polar surface area (TPSA) is 8.17 Å². The second-order valence-corrected chi connectivity index (χ2v) is 6.59. The average Bonchev–Trinajstić information content (AvgIpc) is 2.81. The summed E-state index contributed by atoms with van der Waals surface area (Å²) in [6.45, 7) is 2.25. The van der Waals surface area contributed by atoms with Gasteiger partial charge < -0.3 is 9.47 Å². The lowest BCUT2D eigenvalue weighted by atomic mass is 10.0. The highest BCUT2D eigenvalue weighted by Gasteiger charge is 2.18. The summed E-state index contributed by atoms with van der Waals surface area (Å²) in [5, 5.41) is 2.53. The smallest absolute Gasteiger partial charge is 0.0514 e. The first-order valence-corrected chi connectivity index (χ1v) is 8.05. The fraction of sp³-hybridized carbons (Fsp3) is 0.500. The van der Waals surface area contributed by atoms with Crippen molar-refractivity contribution < 1.29 is 0 Å². The van der Waals surface area contributed by atoms with E-state index in [1.54, 1.807) is 0 Å². The Morgan fingerprint density at radius 1 is 1.25 bits per heavy atom. The van der Waals surface area contributed by atoms with Crippen molar-refractivity contribution in [3.8, 4) is 0 Å². The summed E-state index contributed by atoms with van der Waals surface area (Å²) < 4.78 is 2.27. The average molecular weight is 311 g/mol. The molecule has 2 nitrogen and oxygen atoms in total. The third-order valence-corrected chi connectivity index (χ3v) is 4.96. The first kappa shape index (κ1) is 14.2. The number of hydrogen-bond donors (Lipinski definition) is 0. The van der Waals surface area contributed by atoms with E-state index in [2.05, 4.69) is 28.8 Å². The van der Waals surface area contributed by atoms with Crippen molar-refractivity contribution in [2.45, 2.75) is 38.3 Å². The number of rotatable bonds is 3. The maximum atomic E-state index is 6.24. The Morgan fingerprint density at radius 3 is 2.90 bits per heavy atom. The molecule has 0 aliphatic carbocycles. The van der Waals surface area contributed by atoms with Gasteiger partial charge >= 0.3 is 0 Å². The van der Waals surface area contributed by atoms with Crippen LogP contribution in [0.25, 0.3) is 10.9 Å². The number of nitrogens with zero attached hydrogens (tertiary/aromatic N) is 2. The Morgan fingerprint density at radius 2 is 2.10 bits per heavy atom. The summed E-state index contributed by atoms with van der Waals surface area (Å²) in [6, 6.07) is 6.60. The lowest BCUT2D eigenvalue weighted by molar-refractivity contribution is 0.171. The zero-order chi connectivity index (χ0) is 14.1. The zero-order valence-electron chi connectivity index (χ0n) is 11.8. The fourth-order valence-corrected chi connectivity index (χ4v) is 3.76. The molecule has 1 fully saturated rings. The van der Waals surface area contributed by atoms with Crippen LogP contribution >= 0.6 is 23.2 Å². The van der Waals surface area contributed by atoms with Gasteiger partial charge in [0.05, 0.1) is 10.5 Å². The van der Waals surface area contributed by atoms with Gasteiger partial charge in [-0.3, -0.25) is 0 Å². The molecule has 0 N–H and O–H groups in total. The number of aromatic nitrogens is 1. The molecule has 0 saturated carbocycles. The van der Waals surface area contributed by atoms with Crippen LogP contribution in [-0.4, -0.2) is 29.1 Å². The minimum atomic E-state index is 0.704. The zero-order valence-corrected chi connectivity index (χ0v) is 13.3. The van der Waals surface area contributed by atoms with Crippen LogP contribution < -0.4 is 0 Å². The molecule has 1 aliphatic rings. The fourth-order valence-electron chi connectivity index (χ4n) is 3.21. The predicted molar refractivity (Wildman–Crippen MR) is 86.8 cm³/mol. The molecule has 1 aromatic carbocycles. The van der Waals surface area contributed by atoms with Crippen molar-refractivity contribution in [3.63, 3.8) is 0 Å². The molecule has 2 aromatic rings. The Balaban J connectivity index is 1.77. The lowest BCUT2D eigenvalue weighted by Gasteiger charge is -2.32. The molecule has 2 heterocycles. The first-order chi connectivity index (χ1) is 9.65. The van der Waals surface area contributed by atoms with E-state index in [0.29, 0.717) is 11.1 Å². The van der Waals surface area contributed by atoms with E-state index in [1.807, 2.05) is 12.1 Å². The number of piperidine rings is 1. The van der Waals surface area contributed by atoms with E-state index in [4.69, 9.17) is 23.2 Å². The van der Waals surface area contributed by atoms with Crippen LogP contribution in [0.4, 0.5) is 0 Å². The molecule has 1 aromatic heterocycles. The van der Waals surface area contributed by atoms with Crippen molar-refractivity contribution in [1.82, 2.24) is 9.47 Å². The van der Waals surface area contributed by atoms with Gasteiger partial charge in [-0.05, 0) is 51.1 Å². The summed E-state index contributed by atoms with van der Waals surface area (Å²) in [5.41, 5.74) is 1.14. The van der Waals surface area contributed by atoms with E-state index in [-0.39, 0.29) is 0 Å². The molecule has 20 heavy (non-hydrogen) atoms. The Hall–Kier alpha value is -0.700. The summed E-state index contributed by atoms with van der Waals surface area (Å²) >= 11 is 12.4. The van der Waals surface area contributed by atoms with Gasteiger partial charge in [0, 0.05) is 29.2 Å². The maximum absolute atomic E-state index is 6.24. The van der Waals surface area contributed by atoms with Gasteiger partial charge in [-0.25, -0.2) is 0 Å². The Bertz CT molecular complexity index is 606. The van der Waals surface area contributed by atoms with Gasteiger partial charge in [0.2, 0.25) is 0 Å². The van der Waals surface area contributed by atoms with Gasteiger partial charge in [0.15, 0.2) is 0 Å². The van der Waals surface area contributed by atoms with Crippen LogP contribution in [0.15, 0.2) is 24.4 Å². The van der Waals surface area contributed by atoms with Gasteiger partial charge in [0.25, 0.3) is 0 Å². The molecular weight excluding hydrogens is 291 g/mol. The third-order valence-electron chi connectivity index (χ3n) is 4.43. The van der Waals surface area contributed by atoms with E-state index < -0.39 is 0 Å². The highest BCUT2D eigenvalue weighted by Crippen LogP contribution is 2.29. The Kier molecular flexibility index (Phi) is 4.25. The molecule has 4 heteroatoms. The van der Waals surface area contributed by atoms with E-state index in [0.717, 1.165) is 22.5 Å². The van der Waals surface area contributed by atoms with E-state index >= 15 is 0 Å². The molecule has 3 rings (SSSR count). The largest absolute Gasteiger partial charge is 0.347 e. The SMILES string of the molecule is CN1CCCCC1CCn1ccc2c(Cl)cc(Cl)cc21. The molecule has 1 unspecified atom stereocenters. The quantitative estimate of drug-likeness (QED) is 0.789. The van der Waals surface area contributed by atoms with Gasteiger partial charge in [0.1, 0.15) is 0 Å². The van der Waals surface area contributed by atoms with Crippen molar-refractivity contribution in [3.05, 3.63) is 34.4 Å². The van der Waals surface area contributed by atoms with Crippen molar-refractivity contribution in [2.24, 2.45) is 0 Å². The summed E-state index contributed by atoms with van der Waals surface area (Å²) in [5.74, 6) is 0. The van der Waals surface area contributed by atoms with Crippen LogP contribution in [0.5, 0.6) is 0 Å². The van der Waals surface area contributed by atoms with Crippen LogP contribution in [0.3, 0.4) is 0 Å². The minimum Gasteiger partial charge on any atom is -0.347 e. The number of halogens is 2. The second-order valence-electron chi connectivity index (χ2n) is 5.75. The van der Waals surface area contributed by atoms with Crippen LogP contribution in [-0.2, 0) is 6.54 Å². The standard InChI is InChI=1S/C16H20Cl2N2/c1-19-7-3-2-4-13(19)5-8-20-9-6-14-15(18)10-12(17)11-16(14)20/h6,9-11,13H,2-5,7-8H2,1H3. The molecule has 1 atom stereocenters. The second kappa shape index (κ2) is 5.97. The van der Waals surface area contributed by atoms with Crippen molar-refractivity contribution >= 4 is 34.1 Å². The minimum absolute atomic E-state index is 0.704. The highest BCUT2D eigenvalue weighted by molar-refractivity contribution is 6.38. The van der Waals surface area contributed by atoms with Crippen molar-refractivity contribution in [1.29, 1.82) is 0 Å². The van der Waals surface area contributed by atoms with Gasteiger partial charge in [-0.15, -0.1) is 0 Å². The number of benzene rings is 1. The molecule has 108 valence electrons. The molecule has 0 spiro atoms. The molecule has 0 amide bonds. The maximum Gasteiger partial charge on any atom is 0.0514 e. The number of aryl methyl sites for hydroxylation is 1. The van der Waals surface area contributed by atoms with E-state index in [9.17, 15) is 0 Å². The monoisotopic (exact) mass is 310 g/mol. The molecule has 0 bridgehead atoms. The highest BCUT2D eigenvalue weighted by atomic mass is 35.5. The lowest BCUT2D eigenvalue weighted by Crippen LogP contribution is -2.36. The Labute approximate surface area is 130 Å². The number of hydrogen-bond acceptors (Lipinski definition) is 1. The number of fused-ring (bicyclic) bond motifs is 1. The normalized spacial score (nSPS) is 20.6. The first-order valence-electron chi connectivity index (χ1n) is 7.29. The summed E-state index contributed by atoms with van der Waals surface area (Å²) in [7, 11) is 2.24. The predicted octanol–water partition coefficient (Wildman–Crippen LogP) is 4.82. The van der Waals surface area contributed by atoms with Crippen LogP contribution in [0, 0.1) is 0 Å². The molecule has 1 saturated heterocycles. The summed E-state index contributed by atoms with van der Waals surface area (Å²) in [4.78, 5) is 2.50. The third kappa shape index (κ3) is 2.83. The molecule has 1 aliphatic heterocycles. The van der Waals surface area contributed by atoms with Gasteiger partial charge in [-0.2, -0.15) is 0 Å². The van der Waals surface area contributed by atoms with Crippen LogP contribution in [0.2, 0.25) is 10.0 Å².